The third-order valence-corrected chi connectivity index (χ3v) is 3.28. The second kappa shape index (κ2) is 6.27. The minimum Gasteiger partial charge on any atom is -0.444 e. The molecule has 1 aromatic carbocycles. The molecule has 1 aliphatic rings. The van der Waals surface area contributed by atoms with Gasteiger partial charge in [0.15, 0.2) is 0 Å². The standard InChI is InChI=1S/C16H24N2O2/c1-16(2,3)20-15(19)17-14-10-7-11-18(14)12-13-8-5-4-6-9-13/h4-6,8-9,14H,7,10-12H2,1-3H3,(H,17,19). The molecule has 1 saturated heterocycles. The summed E-state index contributed by atoms with van der Waals surface area (Å²) in [6.45, 7) is 7.51. The van der Waals surface area contributed by atoms with E-state index in [-0.39, 0.29) is 12.3 Å². The Labute approximate surface area is 121 Å². The van der Waals surface area contributed by atoms with Crippen LogP contribution in [0, 0.1) is 0 Å². The van der Waals surface area contributed by atoms with Crippen molar-refractivity contribution in [2.75, 3.05) is 6.54 Å². The van der Waals surface area contributed by atoms with E-state index in [0.717, 1.165) is 25.9 Å². The van der Waals surface area contributed by atoms with E-state index in [1.165, 1.54) is 5.56 Å². The van der Waals surface area contributed by atoms with Crippen molar-refractivity contribution in [1.29, 1.82) is 0 Å². The molecule has 0 spiro atoms. The number of alkyl carbamates (subject to hydrolysis) is 1. The molecule has 0 saturated carbocycles. The maximum atomic E-state index is 11.9. The van der Waals surface area contributed by atoms with E-state index in [0.29, 0.717) is 0 Å². The van der Waals surface area contributed by atoms with Crippen molar-refractivity contribution in [3.05, 3.63) is 35.9 Å². The van der Waals surface area contributed by atoms with Crippen LogP contribution in [0.4, 0.5) is 4.79 Å². The maximum absolute atomic E-state index is 11.9. The van der Waals surface area contributed by atoms with E-state index in [4.69, 9.17) is 4.74 Å². The van der Waals surface area contributed by atoms with Crippen LogP contribution in [-0.2, 0) is 11.3 Å². The van der Waals surface area contributed by atoms with Gasteiger partial charge in [0, 0.05) is 13.1 Å². The summed E-state index contributed by atoms with van der Waals surface area (Å²) in [6.07, 6.45) is 1.83. The van der Waals surface area contributed by atoms with Gasteiger partial charge in [0.1, 0.15) is 5.60 Å². The fraction of sp³-hybridized carbons (Fsp3) is 0.562. The molecule has 1 aliphatic heterocycles. The normalized spacial score (nSPS) is 19.9. The maximum Gasteiger partial charge on any atom is 0.408 e. The molecule has 1 atom stereocenters. The zero-order chi connectivity index (χ0) is 14.6. The van der Waals surface area contributed by atoms with Crippen LogP contribution in [-0.4, -0.2) is 29.3 Å². The molecule has 1 unspecified atom stereocenters. The number of likely N-dealkylation sites (tertiary alicyclic amines) is 1. The van der Waals surface area contributed by atoms with Crippen molar-refractivity contribution in [3.8, 4) is 0 Å². The zero-order valence-corrected chi connectivity index (χ0v) is 12.6. The lowest BCUT2D eigenvalue weighted by atomic mass is 10.2. The number of amides is 1. The van der Waals surface area contributed by atoms with E-state index in [1.54, 1.807) is 0 Å². The Bertz CT molecular complexity index is 440. The van der Waals surface area contributed by atoms with Gasteiger partial charge in [0.05, 0.1) is 6.17 Å². The molecule has 1 heterocycles. The van der Waals surface area contributed by atoms with E-state index in [9.17, 15) is 4.79 Å². The number of nitrogens with one attached hydrogen (secondary N) is 1. The predicted molar refractivity (Wildman–Crippen MR) is 79.2 cm³/mol. The number of nitrogens with zero attached hydrogens (tertiary/aromatic N) is 1. The van der Waals surface area contributed by atoms with Gasteiger partial charge in [-0.1, -0.05) is 30.3 Å². The van der Waals surface area contributed by atoms with Gasteiger partial charge < -0.3 is 10.1 Å². The molecular formula is C16H24N2O2. The van der Waals surface area contributed by atoms with E-state index >= 15 is 0 Å². The molecule has 4 heteroatoms. The summed E-state index contributed by atoms with van der Waals surface area (Å²) in [7, 11) is 0. The fourth-order valence-corrected chi connectivity index (χ4v) is 2.44. The first-order valence-corrected chi connectivity index (χ1v) is 7.21. The molecule has 0 bridgehead atoms. The van der Waals surface area contributed by atoms with Gasteiger partial charge in [-0.15, -0.1) is 0 Å². The molecule has 1 N–H and O–H groups in total. The zero-order valence-electron chi connectivity index (χ0n) is 12.6. The number of benzene rings is 1. The predicted octanol–water partition coefficient (Wildman–Crippen LogP) is 3.13. The average molecular weight is 276 g/mol. The Kier molecular flexibility index (Phi) is 4.65. The van der Waals surface area contributed by atoms with E-state index < -0.39 is 5.60 Å². The third kappa shape index (κ3) is 4.53. The fourth-order valence-electron chi connectivity index (χ4n) is 2.44. The molecule has 1 fully saturated rings. The third-order valence-electron chi connectivity index (χ3n) is 3.28. The molecule has 4 nitrogen and oxygen atoms in total. The average Bonchev–Trinajstić information content (AvgIpc) is 2.75. The highest BCUT2D eigenvalue weighted by molar-refractivity contribution is 5.68. The summed E-state index contributed by atoms with van der Waals surface area (Å²) in [5.41, 5.74) is 0.817. The molecule has 0 radical (unpaired) electrons. The van der Waals surface area contributed by atoms with Crippen molar-refractivity contribution in [3.63, 3.8) is 0 Å². The Morgan fingerprint density at radius 1 is 1.35 bits per heavy atom. The first-order valence-electron chi connectivity index (χ1n) is 7.21. The number of carbonyl (C=O) groups excluding carboxylic acids is 1. The molecule has 20 heavy (non-hydrogen) atoms. The van der Waals surface area contributed by atoms with Crippen molar-refractivity contribution in [1.82, 2.24) is 10.2 Å². The van der Waals surface area contributed by atoms with Crippen LogP contribution in [0.15, 0.2) is 30.3 Å². The van der Waals surface area contributed by atoms with E-state index in [1.807, 2.05) is 39.0 Å². The van der Waals surface area contributed by atoms with Crippen molar-refractivity contribution < 1.29 is 9.53 Å². The van der Waals surface area contributed by atoms with Crippen LogP contribution < -0.4 is 5.32 Å². The Balaban J connectivity index is 1.89. The van der Waals surface area contributed by atoms with Crippen molar-refractivity contribution in [2.24, 2.45) is 0 Å². The lowest BCUT2D eigenvalue weighted by Gasteiger charge is -2.27. The second-order valence-electron chi connectivity index (χ2n) is 6.26. The van der Waals surface area contributed by atoms with Crippen LogP contribution in [0.5, 0.6) is 0 Å². The topological polar surface area (TPSA) is 41.6 Å². The summed E-state index contributed by atoms with van der Waals surface area (Å²) >= 11 is 0. The SMILES string of the molecule is CC(C)(C)OC(=O)NC1CCCN1Cc1ccccc1. The number of hydrogen-bond donors (Lipinski definition) is 1. The first kappa shape index (κ1) is 14.9. The minimum absolute atomic E-state index is 0.0741. The number of ether oxygens (including phenoxy) is 1. The van der Waals surface area contributed by atoms with Crippen molar-refractivity contribution >= 4 is 6.09 Å². The van der Waals surface area contributed by atoms with Crippen LogP contribution in [0.2, 0.25) is 0 Å². The summed E-state index contributed by atoms with van der Waals surface area (Å²) in [4.78, 5) is 14.1. The lowest BCUT2D eigenvalue weighted by molar-refractivity contribution is 0.0444. The molecular weight excluding hydrogens is 252 g/mol. The van der Waals surface area contributed by atoms with Crippen LogP contribution in [0.1, 0.15) is 39.2 Å². The van der Waals surface area contributed by atoms with Gasteiger partial charge in [-0.25, -0.2) is 4.79 Å². The van der Waals surface area contributed by atoms with Gasteiger partial charge >= 0.3 is 6.09 Å². The Morgan fingerprint density at radius 2 is 2.05 bits per heavy atom. The summed E-state index contributed by atoms with van der Waals surface area (Å²) in [5.74, 6) is 0. The highest BCUT2D eigenvalue weighted by atomic mass is 16.6. The molecule has 1 aromatic rings. The van der Waals surface area contributed by atoms with Gasteiger partial charge in [-0.3, -0.25) is 4.90 Å². The molecule has 2 rings (SSSR count). The number of carbonyl (C=O) groups is 1. The van der Waals surface area contributed by atoms with Gasteiger partial charge in [-0.05, 0) is 39.2 Å². The van der Waals surface area contributed by atoms with Crippen LogP contribution >= 0.6 is 0 Å². The van der Waals surface area contributed by atoms with Gasteiger partial charge in [-0.2, -0.15) is 0 Å². The smallest absolute Gasteiger partial charge is 0.408 e. The first-order chi connectivity index (χ1) is 9.44. The Hall–Kier alpha value is -1.55. The monoisotopic (exact) mass is 276 g/mol. The number of hydrogen-bond acceptors (Lipinski definition) is 3. The summed E-state index contributed by atoms with van der Waals surface area (Å²) in [5, 5.41) is 2.97. The highest BCUT2D eigenvalue weighted by Crippen LogP contribution is 2.18. The van der Waals surface area contributed by atoms with Crippen LogP contribution in [0.3, 0.4) is 0 Å². The summed E-state index contributed by atoms with van der Waals surface area (Å²) < 4.78 is 5.32. The molecule has 0 aromatic heterocycles. The highest BCUT2D eigenvalue weighted by Gasteiger charge is 2.27. The molecule has 0 aliphatic carbocycles. The minimum atomic E-state index is -0.451. The summed E-state index contributed by atoms with van der Waals surface area (Å²) in [6, 6.07) is 10.3. The lowest BCUT2D eigenvalue weighted by Crippen LogP contribution is -2.45. The van der Waals surface area contributed by atoms with Crippen LogP contribution in [0.25, 0.3) is 0 Å². The van der Waals surface area contributed by atoms with Gasteiger partial charge in [0.2, 0.25) is 0 Å². The largest absolute Gasteiger partial charge is 0.444 e. The van der Waals surface area contributed by atoms with Gasteiger partial charge in [0.25, 0.3) is 0 Å². The number of rotatable bonds is 3. The second-order valence-corrected chi connectivity index (χ2v) is 6.26. The molecule has 110 valence electrons. The molecule has 1 amide bonds. The van der Waals surface area contributed by atoms with Crippen molar-refractivity contribution in [2.45, 2.75) is 51.9 Å². The Morgan fingerprint density at radius 3 is 2.70 bits per heavy atom. The quantitative estimate of drug-likeness (QED) is 0.922. The van der Waals surface area contributed by atoms with E-state index in [2.05, 4.69) is 22.3 Å².